The van der Waals surface area contributed by atoms with E-state index in [4.69, 9.17) is 0 Å². The average Bonchev–Trinajstić information content (AvgIpc) is 2.30. The molecule has 0 saturated heterocycles. The van der Waals surface area contributed by atoms with E-state index < -0.39 is 0 Å². The van der Waals surface area contributed by atoms with Gasteiger partial charge in [-0.1, -0.05) is 43.7 Å². The molecule has 0 aliphatic heterocycles. The Kier molecular flexibility index (Phi) is 6.90. The zero-order valence-corrected chi connectivity index (χ0v) is 11.0. The van der Waals surface area contributed by atoms with E-state index in [2.05, 4.69) is 42.6 Å². The highest BCUT2D eigenvalue weighted by Crippen LogP contribution is 2.07. The van der Waals surface area contributed by atoms with Crippen molar-refractivity contribution < 1.29 is 5.11 Å². The molecule has 0 fully saturated rings. The van der Waals surface area contributed by atoms with Gasteiger partial charge in [0.05, 0.1) is 6.10 Å². The van der Waals surface area contributed by atoms with E-state index in [0.717, 1.165) is 19.4 Å². The summed E-state index contributed by atoms with van der Waals surface area (Å²) in [5, 5.41) is 12.8. The number of aliphatic hydroxyl groups is 1. The van der Waals surface area contributed by atoms with E-state index in [-0.39, 0.29) is 6.10 Å². The number of hydrogen-bond donors (Lipinski definition) is 2. The lowest BCUT2D eigenvalue weighted by atomic mass is 10.0. The van der Waals surface area contributed by atoms with E-state index in [1.807, 2.05) is 6.92 Å². The molecule has 96 valence electrons. The van der Waals surface area contributed by atoms with Gasteiger partial charge in [-0.15, -0.1) is 0 Å². The third-order valence-corrected chi connectivity index (χ3v) is 2.96. The van der Waals surface area contributed by atoms with Crippen molar-refractivity contribution in [3.05, 3.63) is 35.9 Å². The van der Waals surface area contributed by atoms with Gasteiger partial charge in [0, 0.05) is 6.04 Å². The number of nitrogens with one attached hydrogen (secondary N) is 1. The average molecular weight is 235 g/mol. The summed E-state index contributed by atoms with van der Waals surface area (Å²) >= 11 is 0. The Bertz CT molecular complexity index is 284. The fraction of sp³-hybridized carbons (Fsp3) is 0.600. The molecule has 0 saturated carbocycles. The molecule has 0 spiro atoms. The molecule has 0 bridgehead atoms. The van der Waals surface area contributed by atoms with Gasteiger partial charge in [-0.05, 0) is 38.3 Å². The summed E-state index contributed by atoms with van der Waals surface area (Å²) in [4.78, 5) is 0. The van der Waals surface area contributed by atoms with E-state index in [9.17, 15) is 5.11 Å². The molecule has 1 rings (SSSR count). The van der Waals surface area contributed by atoms with Gasteiger partial charge in [-0.2, -0.15) is 0 Å². The van der Waals surface area contributed by atoms with Crippen LogP contribution in [0.1, 0.15) is 38.7 Å². The molecule has 0 radical (unpaired) electrons. The summed E-state index contributed by atoms with van der Waals surface area (Å²) in [6.45, 7) is 4.96. The van der Waals surface area contributed by atoms with Crippen molar-refractivity contribution in [1.29, 1.82) is 0 Å². The molecule has 2 heteroatoms. The van der Waals surface area contributed by atoms with Crippen LogP contribution in [0.15, 0.2) is 30.3 Å². The minimum absolute atomic E-state index is 0.207. The molecule has 0 heterocycles. The number of benzene rings is 1. The standard InChI is InChI=1S/C15H25NO/c1-3-7-15(16-11-10-13(2)17)12-14-8-5-4-6-9-14/h4-6,8-9,13,15-17H,3,7,10-12H2,1-2H3. The molecule has 2 unspecified atom stereocenters. The van der Waals surface area contributed by atoms with Crippen LogP contribution in [0.25, 0.3) is 0 Å². The largest absolute Gasteiger partial charge is 0.393 e. The maximum Gasteiger partial charge on any atom is 0.0524 e. The van der Waals surface area contributed by atoms with Gasteiger partial charge in [0.2, 0.25) is 0 Å². The van der Waals surface area contributed by atoms with Gasteiger partial charge in [-0.25, -0.2) is 0 Å². The second-order valence-corrected chi connectivity index (χ2v) is 4.77. The second-order valence-electron chi connectivity index (χ2n) is 4.77. The van der Waals surface area contributed by atoms with Crippen molar-refractivity contribution in [2.45, 2.75) is 51.7 Å². The number of hydrogen-bond acceptors (Lipinski definition) is 2. The Hall–Kier alpha value is -0.860. The van der Waals surface area contributed by atoms with Gasteiger partial charge in [0.1, 0.15) is 0 Å². The van der Waals surface area contributed by atoms with Crippen molar-refractivity contribution in [1.82, 2.24) is 5.32 Å². The maximum atomic E-state index is 9.24. The van der Waals surface area contributed by atoms with Crippen LogP contribution in [0.2, 0.25) is 0 Å². The van der Waals surface area contributed by atoms with Crippen molar-refractivity contribution in [2.75, 3.05) is 6.54 Å². The Balaban J connectivity index is 2.37. The third kappa shape index (κ3) is 6.44. The lowest BCUT2D eigenvalue weighted by molar-refractivity contribution is 0.182. The molecule has 2 N–H and O–H groups in total. The van der Waals surface area contributed by atoms with Crippen LogP contribution in [0, 0.1) is 0 Å². The van der Waals surface area contributed by atoms with Crippen LogP contribution >= 0.6 is 0 Å². The van der Waals surface area contributed by atoms with Gasteiger partial charge in [0.15, 0.2) is 0 Å². The highest BCUT2D eigenvalue weighted by Gasteiger charge is 2.08. The minimum atomic E-state index is -0.207. The molecule has 17 heavy (non-hydrogen) atoms. The lowest BCUT2D eigenvalue weighted by Gasteiger charge is -2.18. The summed E-state index contributed by atoms with van der Waals surface area (Å²) in [6.07, 6.45) is 4.08. The fourth-order valence-corrected chi connectivity index (χ4v) is 2.02. The van der Waals surface area contributed by atoms with Crippen molar-refractivity contribution in [3.8, 4) is 0 Å². The normalized spacial score (nSPS) is 14.5. The highest BCUT2D eigenvalue weighted by atomic mass is 16.3. The monoisotopic (exact) mass is 235 g/mol. The van der Waals surface area contributed by atoms with E-state index in [1.54, 1.807) is 0 Å². The summed E-state index contributed by atoms with van der Waals surface area (Å²) in [7, 11) is 0. The number of aliphatic hydroxyl groups excluding tert-OH is 1. The Morgan fingerprint density at radius 1 is 1.18 bits per heavy atom. The van der Waals surface area contributed by atoms with Crippen molar-refractivity contribution in [3.63, 3.8) is 0 Å². The quantitative estimate of drug-likeness (QED) is 0.726. The minimum Gasteiger partial charge on any atom is -0.393 e. The highest BCUT2D eigenvalue weighted by molar-refractivity contribution is 5.15. The smallest absolute Gasteiger partial charge is 0.0524 e. The molecule has 0 aliphatic rings. The molecular formula is C15H25NO. The van der Waals surface area contributed by atoms with E-state index in [0.29, 0.717) is 6.04 Å². The van der Waals surface area contributed by atoms with Gasteiger partial charge < -0.3 is 10.4 Å². The molecule has 0 aromatic heterocycles. The Labute approximate surface area is 105 Å². The molecule has 0 aliphatic carbocycles. The third-order valence-electron chi connectivity index (χ3n) is 2.96. The first-order valence-electron chi connectivity index (χ1n) is 6.67. The van der Waals surface area contributed by atoms with E-state index in [1.165, 1.54) is 18.4 Å². The summed E-state index contributed by atoms with van der Waals surface area (Å²) in [5.74, 6) is 0. The Morgan fingerprint density at radius 3 is 2.47 bits per heavy atom. The molecule has 0 amide bonds. The van der Waals surface area contributed by atoms with Crippen LogP contribution in [0.4, 0.5) is 0 Å². The van der Waals surface area contributed by atoms with Crippen LogP contribution in [-0.2, 0) is 6.42 Å². The van der Waals surface area contributed by atoms with Gasteiger partial charge in [0.25, 0.3) is 0 Å². The molecule has 2 atom stereocenters. The molecule has 1 aromatic rings. The molecular weight excluding hydrogens is 210 g/mol. The van der Waals surface area contributed by atoms with Crippen molar-refractivity contribution >= 4 is 0 Å². The predicted molar refractivity (Wildman–Crippen MR) is 73.1 cm³/mol. The van der Waals surface area contributed by atoms with Crippen LogP contribution in [0.3, 0.4) is 0 Å². The van der Waals surface area contributed by atoms with Gasteiger partial charge in [-0.3, -0.25) is 0 Å². The van der Waals surface area contributed by atoms with Crippen LogP contribution < -0.4 is 5.32 Å². The van der Waals surface area contributed by atoms with E-state index >= 15 is 0 Å². The Morgan fingerprint density at radius 2 is 1.88 bits per heavy atom. The SMILES string of the molecule is CCCC(Cc1ccccc1)NCCC(C)O. The zero-order valence-electron chi connectivity index (χ0n) is 11.0. The fourth-order valence-electron chi connectivity index (χ4n) is 2.02. The van der Waals surface area contributed by atoms with Crippen LogP contribution in [-0.4, -0.2) is 23.8 Å². The zero-order chi connectivity index (χ0) is 12.5. The number of rotatable bonds is 8. The van der Waals surface area contributed by atoms with Crippen LogP contribution in [0.5, 0.6) is 0 Å². The molecule has 1 aromatic carbocycles. The summed E-state index contributed by atoms with van der Waals surface area (Å²) < 4.78 is 0. The maximum absolute atomic E-state index is 9.24. The predicted octanol–water partition coefficient (Wildman–Crippen LogP) is 2.76. The van der Waals surface area contributed by atoms with Gasteiger partial charge >= 0.3 is 0 Å². The first-order valence-corrected chi connectivity index (χ1v) is 6.67. The lowest BCUT2D eigenvalue weighted by Crippen LogP contribution is -2.33. The van der Waals surface area contributed by atoms with Crippen molar-refractivity contribution in [2.24, 2.45) is 0 Å². The molecule has 2 nitrogen and oxygen atoms in total. The summed E-state index contributed by atoms with van der Waals surface area (Å²) in [5.41, 5.74) is 1.38. The first-order chi connectivity index (χ1) is 8.22. The second kappa shape index (κ2) is 8.26. The first kappa shape index (κ1) is 14.2. The summed E-state index contributed by atoms with van der Waals surface area (Å²) in [6, 6.07) is 11.1. The topological polar surface area (TPSA) is 32.3 Å².